The monoisotopic (exact) mass is 206 g/mol. The lowest BCUT2D eigenvalue weighted by Crippen LogP contribution is -2.22. The van der Waals surface area contributed by atoms with E-state index >= 15 is 0 Å². The molecule has 0 aliphatic carbocycles. The van der Waals surface area contributed by atoms with Crippen LogP contribution >= 0.6 is 0 Å². The number of aromatic amines is 1. The molecule has 0 saturated heterocycles. The van der Waals surface area contributed by atoms with E-state index in [2.05, 4.69) is 10.3 Å². The Morgan fingerprint density at radius 2 is 2.20 bits per heavy atom. The molecule has 0 bridgehead atoms. The van der Waals surface area contributed by atoms with Gasteiger partial charge in [0.05, 0.1) is 12.7 Å². The Bertz CT molecular complexity index is 439. The summed E-state index contributed by atoms with van der Waals surface area (Å²) in [5, 5.41) is 22.0. The second-order valence-electron chi connectivity index (χ2n) is 3.50. The molecular formula is C11H14N2O2. The Morgan fingerprint density at radius 1 is 1.33 bits per heavy atom. The van der Waals surface area contributed by atoms with E-state index in [1.54, 1.807) is 0 Å². The summed E-state index contributed by atoms with van der Waals surface area (Å²) in [5.41, 5.74) is 2.03. The summed E-state index contributed by atoms with van der Waals surface area (Å²) in [6.45, 7) is 0.131. The third-order valence-corrected chi connectivity index (χ3v) is 2.31. The molecule has 1 unspecified atom stereocenters. The van der Waals surface area contributed by atoms with Crippen molar-refractivity contribution in [2.24, 2.45) is 0 Å². The molecule has 0 fully saturated rings. The molecule has 2 aromatic rings. The molecule has 80 valence electrons. The maximum atomic E-state index is 9.17. The number of hydrogen-bond donors (Lipinski definition) is 4. The van der Waals surface area contributed by atoms with Gasteiger partial charge in [-0.3, -0.25) is 0 Å². The summed E-state index contributed by atoms with van der Waals surface area (Å²) >= 11 is 0. The summed E-state index contributed by atoms with van der Waals surface area (Å²) in [5.74, 6) is 0. The second kappa shape index (κ2) is 4.33. The van der Waals surface area contributed by atoms with Gasteiger partial charge >= 0.3 is 0 Å². The van der Waals surface area contributed by atoms with Crippen molar-refractivity contribution in [3.05, 3.63) is 30.5 Å². The minimum atomic E-state index is -0.716. The van der Waals surface area contributed by atoms with Crippen LogP contribution in [0.15, 0.2) is 30.5 Å². The van der Waals surface area contributed by atoms with Gasteiger partial charge in [-0.25, -0.2) is 0 Å². The Morgan fingerprint density at radius 3 is 3.00 bits per heavy atom. The van der Waals surface area contributed by atoms with Gasteiger partial charge in [0.1, 0.15) is 0 Å². The molecule has 1 atom stereocenters. The molecule has 1 aromatic carbocycles. The van der Waals surface area contributed by atoms with E-state index in [0.717, 1.165) is 16.6 Å². The van der Waals surface area contributed by atoms with Crippen molar-refractivity contribution in [2.45, 2.75) is 6.10 Å². The van der Waals surface area contributed by atoms with Crippen molar-refractivity contribution >= 4 is 16.6 Å². The summed E-state index contributed by atoms with van der Waals surface area (Å²) < 4.78 is 0. The SMILES string of the molecule is OCC(O)CNc1ccc2[nH]ccc2c1. The maximum Gasteiger partial charge on any atom is 0.0942 e. The summed E-state index contributed by atoms with van der Waals surface area (Å²) in [6, 6.07) is 7.89. The highest BCUT2D eigenvalue weighted by molar-refractivity contribution is 5.82. The van der Waals surface area contributed by atoms with Crippen LogP contribution < -0.4 is 5.32 Å². The average Bonchev–Trinajstić information content (AvgIpc) is 2.72. The van der Waals surface area contributed by atoms with E-state index < -0.39 is 6.10 Å². The zero-order valence-corrected chi connectivity index (χ0v) is 8.27. The van der Waals surface area contributed by atoms with E-state index in [-0.39, 0.29) is 6.61 Å². The summed E-state index contributed by atoms with van der Waals surface area (Å²) in [7, 11) is 0. The van der Waals surface area contributed by atoms with Crippen LogP contribution in [-0.2, 0) is 0 Å². The molecule has 0 aliphatic heterocycles. The second-order valence-corrected chi connectivity index (χ2v) is 3.50. The van der Waals surface area contributed by atoms with Crippen LogP contribution in [-0.4, -0.2) is 34.5 Å². The third-order valence-electron chi connectivity index (χ3n) is 2.31. The molecule has 1 heterocycles. The Balaban J connectivity index is 2.08. The molecule has 2 rings (SSSR count). The first-order valence-corrected chi connectivity index (χ1v) is 4.89. The highest BCUT2D eigenvalue weighted by atomic mass is 16.3. The number of nitrogens with one attached hydrogen (secondary N) is 2. The normalized spacial score (nSPS) is 12.9. The van der Waals surface area contributed by atoms with Crippen molar-refractivity contribution in [3.8, 4) is 0 Å². The third kappa shape index (κ3) is 2.29. The molecule has 0 radical (unpaired) electrons. The van der Waals surface area contributed by atoms with Crippen molar-refractivity contribution < 1.29 is 10.2 Å². The molecule has 4 heteroatoms. The van der Waals surface area contributed by atoms with E-state index in [1.807, 2.05) is 30.5 Å². The van der Waals surface area contributed by atoms with Gasteiger partial charge in [0, 0.05) is 29.3 Å². The number of benzene rings is 1. The van der Waals surface area contributed by atoms with Crippen molar-refractivity contribution in [2.75, 3.05) is 18.5 Å². The Labute approximate surface area is 87.6 Å². The van der Waals surface area contributed by atoms with Crippen LogP contribution in [0.5, 0.6) is 0 Å². The highest BCUT2D eigenvalue weighted by Gasteiger charge is 2.01. The maximum absolute atomic E-state index is 9.17. The van der Waals surface area contributed by atoms with Gasteiger partial charge in [-0.15, -0.1) is 0 Å². The lowest BCUT2D eigenvalue weighted by molar-refractivity contribution is 0.105. The zero-order chi connectivity index (χ0) is 10.7. The molecule has 4 nitrogen and oxygen atoms in total. The van der Waals surface area contributed by atoms with E-state index in [9.17, 15) is 5.11 Å². The number of aromatic nitrogens is 1. The fourth-order valence-corrected chi connectivity index (χ4v) is 1.46. The van der Waals surface area contributed by atoms with Crippen molar-refractivity contribution in [3.63, 3.8) is 0 Å². The standard InChI is InChI=1S/C11H14N2O2/c14-7-10(15)6-13-9-1-2-11-8(5-9)3-4-12-11/h1-5,10,12-15H,6-7H2. The number of rotatable bonds is 4. The predicted octanol–water partition coefficient (Wildman–Crippen LogP) is 0.933. The number of fused-ring (bicyclic) bond motifs is 1. The van der Waals surface area contributed by atoms with Gasteiger partial charge in [-0.2, -0.15) is 0 Å². The lowest BCUT2D eigenvalue weighted by Gasteiger charge is -2.09. The van der Waals surface area contributed by atoms with Gasteiger partial charge in [0.25, 0.3) is 0 Å². The van der Waals surface area contributed by atoms with Gasteiger partial charge in [0.15, 0.2) is 0 Å². The van der Waals surface area contributed by atoms with Gasteiger partial charge in [-0.05, 0) is 24.3 Å². The highest BCUT2D eigenvalue weighted by Crippen LogP contribution is 2.17. The molecule has 0 amide bonds. The smallest absolute Gasteiger partial charge is 0.0942 e. The van der Waals surface area contributed by atoms with E-state index in [4.69, 9.17) is 5.11 Å². The number of hydrogen-bond acceptors (Lipinski definition) is 3. The minimum absolute atomic E-state index is 0.223. The summed E-state index contributed by atoms with van der Waals surface area (Å²) in [4.78, 5) is 3.11. The van der Waals surface area contributed by atoms with Crippen molar-refractivity contribution in [1.29, 1.82) is 0 Å². The van der Waals surface area contributed by atoms with Crippen LogP contribution in [0.3, 0.4) is 0 Å². The van der Waals surface area contributed by atoms with Crippen LogP contribution in [0.4, 0.5) is 5.69 Å². The largest absolute Gasteiger partial charge is 0.394 e. The molecule has 1 aromatic heterocycles. The summed E-state index contributed by atoms with van der Waals surface area (Å²) in [6.07, 6.45) is 1.17. The van der Waals surface area contributed by atoms with E-state index in [0.29, 0.717) is 6.54 Å². The molecule has 0 spiro atoms. The van der Waals surface area contributed by atoms with Crippen LogP contribution in [0, 0.1) is 0 Å². The minimum Gasteiger partial charge on any atom is -0.394 e. The first-order chi connectivity index (χ1) is 7.29. The van der Waals surface area contributed by atoms with E-state index in [1.165, 1.54) is 0 Å². The Hall–Kier alpha value is -1.52. The number of aliphatic hydroxyl groups is 2. The molecule has 0 saturated carbocycles. The number of H-pyrrole nitrogens is 1. The lowest BCUT2D eigenvalue weighted by atomic mass is 10.2. The number of aliphatic hydroxyl groups excluding tert-OH is 2. The fourth-order valence-electron chi connectivity index (χ4n) is 1.46. The quantitative estimate of drug-likeness (QED) is 0.601. The van der Waals surface area contributed by atoms with Crippen LogP contribution in [0.1, 0.15) is 0 Å². The average molecular weight is 206 g/mol. The topological polar surface area (TPSA) is 68.3 Å². The van der Waals surface area contributed by atoms with Crippen LogP contribution in [0.2, 0.25) is 0 Å². The fraction of sp³-hybridized carbons (Fsp3) is 0.273. The molecule has 0 aliphatic rings. The first kappa shape index (κ1) is 10.0. The van der Waals surface area contributed by atoms with Gasteiger partial charge in [-0.1, -0.05) is 0 Å². The van der Waals surface area contributed by atoms with Crippen LogP contribution in [0.25, 0.3) is 10.9 Å². The Kier molecular flexibility index (Phi) is 2.89. The zero-order valence-electron chi connectivity index (χ0n) is 8.27. The predicted molar refractivity (Wildman–Crippen MR) is 59.9 cm³/mol. The number of anilines is 1. The molecule has 4 N–H and O–H groups in total. The van der Waals surface area contributed by atoms with Crippen molar-refractivity contribution in [1.82, 2.24) is 4.98 Å². The molecule has 15 heavy (non-hydrogen) atoms. The van der Waals surface area contributed by atoms with Gasteiger partial charge in [0.2, 0.25) is 0 Å². The first-order valence-electron chi connectivity index (χ1n) is 4.89. The molecular weight excluding hydrogens is 192 g/mol. The van der Waals surface area contributed by atoms with Gasteiger partial charge < -0.3 is 20.5 Å².